The van der Waals surface area contributed by atoms with Crippen LogP contribution in [0.15, 0.2) is 83.9 Å². The number of nitrogens with one attached hydrogen (secondary N) is 1. The van der Waals surface area contributed by atoms with Crippen molar-refractivity contribution < 1.29 is 27.0 Å². The summed E-state index contributed by atoms with van der Waals surface area (Å²) in [5, 5.41) is 1.97. The van der Waals surface area contributed by atoms with Crippen molar-refractivity contribution in [2.75, 3.05) is 26.1 Å². The molecule has 0 radical (unpaired) electrons. The molecule has 38 heavy (non-hydrogen) atoms. The van der Waals surface area contributed by atoms with Crippen LogP contribution in [0.4, 0.5) is 10.1 Å². The first-order valence-electron chi connectivity index (χ1n) is 11.7. The molecule has 0 saturated heterocycles. The molecule has 5 aromatic rings. The zero-order valence-corrected chi connectivity index (χ0v) is 21.8. The number of pyridine rings is 1. The quantitative estimate of drug-likeness (QED) is 0.266. The van der Waals surface area contributed by atoms with Crippen molar-refractivity contribution in [1.29, 1.82) is 0 Å². The molecule has 1 N–H and O–H groups in total. The van der Waals surface area contributed by atoms with E-state index in [0.29, 0.717) is 40.0 Å². The largest absolute Gasteiger partial charge is 0.496 e. The first kappa shape index (κ1) is 25.3. The van der Waals surface area contributed by atoms with Crippen LogP contribution in [-0.2, 0) is 16.4 Å². The molecular formula is C29H25FN2O5S. The number of nitrogens with zero attached hydrogens (tertiary/aromatic N) is 1. The lowest BCUT2D eigenvalue weighted by molar-refractivity contribution is 0.356. The Bertz CT molecular complexity index is 1770. The molecule has 0 saturated carbocycles. The lowest BCUT2D eigenvalue weighted by atomic mass is 10.0. The van der Waals surface area contributed by atoms with Gasteiger partial charge >= 0.3 is 0 Å². The van der Waals surface area contributed by atoms with Gasteiger partial charge in [-0.25, -0.2) is 12.8 Å². The number of ether oxygens (including phenoxy) is 3. The van der Waals surface area contributed by atoms with Gasteiger partial charge in [-0.05, 0) is 53.9 Å². The molecule has 0 spiro atoms. The number of rotatable bonds is 8. The van der Waals surface area contributed by atoms with E-state index in [0.717, 1.165) is 16.5 Å². The molecule has 5 rings (SSSR count). The fourth-order valence-electron chi connectivity index (χ4n) is 4.51. The van der Waals surface area contributed by atoms with Crippen LogP contribution in [0.25, 0.3) is 21.7 Å². The molecule has 9 heteroatoms. The highest BCUT2D eigenvalue weighted by Crippen LogP contribution is 2.34. The number of sulfonamides is 1. The number of aromatic nitrogens is 1. The average Bonchev–Trinajstić information content (AvgIpc) is 2.93. The fraction of sp³-hybridized carbons (Fsp3) is 0.138. The van der Waals surface area contributed by atoms with E-state index in [9.17, 15) is 8.42 Å². The maximum atomic E-state index is 15.2. The van der Waals surface area contributed by atoms with Gasteiger partial charge in [-0.3, -0.25) is 9.71 Å². The Kier molecular flexibility index (Phi) is 6.77. The Labute approximate surface area is 219 Å². The summed E-state index contributed by atoms with van der Waals surface area (Å²) in [6.07, 6.45) is 2.09. The van der Waals surface area contributed by atoms with Crippen molar-refractivity contribution in [3.8, 4) is 17.2 Å². The van der Waals surface area contributed by atoms with Gasteiger partial charge in [0.15, 0.2) is 11.5 Å². The minimum absolute atomic E-state index is 0.0324. The average molecular weight is 533 g/mol. The number of fused-ring (bicyclic) bond motifs is 2. The number of hydrogen-bond acceptors (Lipinski definition) is 6. The zero-order chi connectivity index (χ0) is 26.9. The zero-order valence-electron chi connectivity index (χ0n) is 21.0. The molecule has 0 aliphatic carbocycles. The Morgan fingerprint density at radius 2 is 1.50 bits per heavy atom. The molecule has 0 bridgehead atoms. The molecule has 0 unspecified atom stereocenters. The minimum atomic E-state index is -4.08. The van der Waals surface area contributed by atoms with Crippen LogP contribution in [0.2, 0.25) is 0 Å². The summed E-state index contributed by atoms with van der Waals surface area (Å²) in [5.41, 5.74) is 2.16. The predicted molar refractivity (Wildman–Crippen MR) is 145 cm³/mol. The van der Waals surface area contributed by atoms with Crippen molar-refractivity contribution in [2.24, 2.45) is 0 Å². The molecule has 7 nitrogen and oxygen atoms in total. The third kappa shape index (κ3) is 4.68. The standard InChI is InChI=1S/C29H25FN2O5S/c1-35-26-10-11-29(21-7-5-4-6-20(21)26)38(33,34)32-24-9-8-18(15-23(24)30)14-19-12-13-31-25-17-28(37-3)27(36-2)16-22(19)25/h4-13,15-17,32H,14H2,1-3H3. The van der Waals surface area contributed by atoms with E-state index < -0.39 is 15.8 Å². The lowest BCUT2D eigenvalue weighted by Crippen LogP contribution is -2.14. The van der Waals surface area contributed by atoms with E-state index in [2.05, 4.69) is 9.71 Å². The Morgan fingerprint density at radius 3 is 2.21 bits per heavy atom. The fourth-order valence-corrected chi connectivity index (χ4v) is 5.79. The van der Waals surface area contributed by atoms with E-state index in [1.807, 2.05) is 12.1 Å². The van der Waals surface area contributed by atoms with E-state index in [1.54, 1.807) is 62.9 Å². The lowest BCUT2D eigenvalue weighted by Gasteiger charge is -2.14. The summed E-state index contributed by atoms with van der Waals surface area (Å²) in [6, 6.07) is 20.0. The summed E-state index contributed by atoms with van der Waals surface area (Å²) in [5.74, 6) is 1.00. The Hall–Kier alpha value is -4.37. The highest BCUT2D eigenvalue weighted by Gasteiger charge is 2.21. The van der Waals surface area contributed by atoms with Crippen LogP contribution in [0.3, 0.4) is 0 Å². The smallest absolute Gasteiger partial charge is 0.262 e. The molecular weight excluding hydrogens is 507 g/mol. The van der Waals surface area contributed by atoms with Gasteiger partial charge in [0.2, 0.25) is 0 Å². The number of hydrogen-bond donors (Lipinski definition) is 1. The normalized spacial score (nSPS) is 11.5. The van der Waals surface area contributed by atoms with Gasteiger partial charge in [-0.15, -0.1) is 0 Å². The van der Waals surface area contributed by atoms with Crippen molar-refractivity contribution in [3.63, 3.8) is 0 Å². The van der Waals surface area contributed by atoms with Crippen molar-refractivity contribution in [2.45, 2.75) is 11.3 Å². The molecule has 194 valence electrons. The van der Waals surface area contributed by atoms with Gasteiger partial charge in [0.1, 0.15) is 11.6 Å². The Morgan fingerprint density at radius 1 is 0.789 bits per heavy atom. The molecule has 1 aromatic heterocycles. The SMILES string of the molecule is COc1cc2nccc(Cc3ccc(NS(=O)(=O)c4ccc(OC)c5ccccc45)c(F)c3)c2cc1OC. The maximum Gasteiger partial charge on any atom is 0.262 e. The maximum absolute atomic E-state index is 15.2. The van der Waals surface area contributed by atoms with Crippen LogP contribution in [-0.4, -0.2) is 34.7 Å². The third-order valence-corrected chi connectivity index (χ3v) is 7.79. The highest BCUT2D eigenvalue weighted by atomic mass is 32.2. The molecule has 0 aliphatic rings. The second-order valence-electron chi connectivity index (χ2n) is 8.60. The van der Waals surface area contributed by atoms with E-state index in [4.69, 9.17) is 14.2 Å². The third-order valence-electron chi connectivity index (χ3n) is 6.36. The number of halogens is 1. The molecule has 0 fully saturated rings. The Balaban J connectivity index is 1.45. The van der Waals surface area contributed by atoms with Crippen LogP contribution >= 0.6 is 0 Å². The molecule has 0 amide bonds. The van der Waals surface area contributed by atoms with Crippen molar-refractivity contribution >= 4 is 37.4 Å². The van der Waals surface area contributed by atoms with Gasteiger partial charge in [0.25, 0.3) is 10.0 Å². The molecule has 0 aliphatic heterocycles. The van der Waals surface area contributed by atoms with Gasteiger partial charge in [0, 0.05) is 28.4 Å². The van der Waals surface area contributed by atoms with Gasteiger partial charge < -0.3 is 14.2 Å². The van der Waals surface area contributed by atoms with Crippen molar-refractivity contribution in [1.82, 2.24) is 4.98 Å². The molecule has 4 aromatic carbocycles. The monoisotopic (exact) mass is 532 g/mol. The highest BCUT2D eigenvalue weighted by molar-refractivity contribution is 7.93. The second-order valence-corrected chi connectivity index (χ2v) is 10.3. The molecule has 1 heterocycles. The second kappa shape index (κ2) is 10.2. The van der Waals surface area contributed by atoms with Crippen LogP contribution in [0.1, 0.15) is 11.1 Å². The minimum Gasteiger partial charge on any atom is -0.496 e. The molecule has 0 atom stereocenters. The summed E-state index contributed by atoms with van der Waals surface area (Å²) in [7, 11) is 0.557. The first-order chi connectivity index (χ1) is 18.3. The van der Waals surface area contributed by atoms with E-state index in [1.165, 1.54) is 25.3 Å². The summed E-state index contributed by atoms with van der Waals surface area (Å²) in [4.78, 5) is 4.44. The van der Waals surface area contributed by atoms with Gasteiger partial charge in [0.05, 0.1) is 37.4 Å². The first-order valence-corrected chi connectivity index (χ1v) is 13.2. The summed E-state index contributed by atoms with van der Waals surface area (Å²) >= 11 is 0. The van der Waals surface area contributed by atoms with Crippen LogP contribution < -0.4 is 18.9 Å². The summed E-state index contributed by atoms with van der Waals surface area (Å²) in [6.45, 7) is 0. The van der Waals surface area contributed by atoms with E-state index >= 15 is 4.39 Å². The van der Waals surface area contributed by atoms with Gasteiger partial charge in [-0.1, -0.05) is 30.3 Å². The topological polar surface area (TPSA) is 86.8 Å². The summed E-state index contributed by atoms with van der Waals surface area (Å²) < 4.78 is 60.2. The van der Waals surface area contributed by atoms with E-state index in [-0.39, 0.29) is 10.6 Å². The number of methoxy groups -OCH3 is 3. The van der Waals surface area contributed by atoms with Crippen LogP contribution in [0.5, 0.6) is 17.2 Å². The number of anilines is 1. The predicted octanol–water partition coefficient (Wildman–Crippen LogP) is 5.94. The van der Waals surface area contributed by atoms with Crippen molar-refractivity contribution in [3.05, 3.63) is 95.9 Å². The van der Waals surface area contributed by atoms with Crippen LogP contribution in [0, 0.1) is 5.82 Å². The number of benzene rings is 4. The van der Waals surface area contributed by atoms with Gasteiger partial charge in [-0.2, -0.15) is 0 Å².